The van der Waals surface area contributed by atoms with Gasteiger partial charge in [-0.3, -0.25) is 9.59 Å². The van der Waals surface area contributed by atoms with Crippen molar-refractivity contribution in [2.75, 3.05) is 0 Å². The van der Waals surface area contributed by atoms with E-state index in [1.165, 1.54) is 11.3 Å². The monoisotopic (exact) mass is 393 g/mol. The number of hydrogen-bond donors (Lipinski definition) is 2. The number of carboxylic acids is 1. The summed E-state index contributed by atoms with van der Waals surface area (Å²) in [6.07, 6.45) is 3.23. The number of amides is 1. The summed E-state index contributed by atoms with van der Waals surface area (Å²) in [5, 5.41) is 14.1. The SMILES string of the molecule is CC1(C(=O)O)CCCCC1NC(=O)c1csc(I)c1. The zero-order valence-electron chi connectivity index (χ0n) is 10.6. The molecule has 0 bridgehead atoms. The lowest BCUT2D eigenvalue weighted by Crippen LogP contribution is -2.52. The molecule has 1 heterocycles. The fraction of sp³-hybridized carbons (Fsp3) is 0.538. The van der Waals surface area contributed by atoms with Gasteiger partial charge in [0.1, 0.15) is 0 Å². The summed E-state index contributed by atoms with van der Waals surface area (Å²) in [7, 11) is 0. The van der Waals surface area contributed by atoms with Crippen molar-refractivity contribution in [3.8, 4) is 0 Å². The third-order valence-electron chi connectivity index (χ3n) is 3.83. The van der Waals surface area contributed by atoms with Crippen LogP contribution in [0.4, 0.5) is 0 Å². The van der Waals surface area contributed by atoms with Crippen LogP contribution >= 0.6 is 33.9 Å². The number of hydrogen-bond acceptors (Lipinski definition) is 3. The normalized spacial score (nSPS) is 26.9. The lowest BCUT2D eigenvalue weighted by molar-refractivity contribution is -0.151. The summed E-state index contributed by atoms with van der Waals surface area (Å²) in [5.74, 6) is -0.990. The smallest absolute Gasteiger partial charge is 0.311 e. The van der Waals surface area contributed by atoms with Gasteiger partial charge in [0.25, 0.3) is 5.91 Å². The van der Waals surface area contributed by atoms with E-state index in [4.69, 9.17) is 0 Å². The van der Waals surface area contributed by atoms with E-state index in [0.29, 0.717) is 12.0 Å². The minimum absolute atomic E-state index is 0.168. The second-order valence-electron chi connectivity index (χ2n) is 5.13. The van der Waals surface area contributed by atoms with Gasteiger partial charge in [-0.15, -0.1) is 11.3 Å². The molecule has 1 aliphatic carbocycles. The minimum atomic E-state index is -0.850. The van der Waals surface area contributed by atoms with Crippen molar-refractivity contribution in [3.63, 3.8) is 0 Å². The van der Waals surface area contributed by atoms with Gasteiger partial charge in [-0.2, -0.15) is 0 Å². The number of carboxylic acid groups (broad SMARTS) is 1. The van der Waals surface area contributed by atoms with Crippen LogP contribution in [0, 0.1) is 8.30 Å². The van der Waals surface area contributed by atoms with E-state index in [1.54, 1.807) is 12.3 Å². The topological polar surface area (TPSA) is 66.4 Å². The zero-order valence-corrected chi connectivity index (χ0v) is 13.6. The number of rotatable bonds is 3. The molecule has 1 aromatic rings. The number of nitrogens with one attached hydrogen (secondary N) is 1. The van der Waals surface area contributed by atoms with E-state index in [9.17, 15) is 14.7 Å². The summed E-state index contributed by atoms with van der Waals surface area (Å²) in [6, 6.07) is 1.53. The zero-order chi connectivity index (χ0) is 14.0. The van der Waals surface area contributed by atoms with Crippen molar-refractivity contribution < 1.29 is 14.7 Å². The van der Waals surface area contributed by atoms with Gasteiger partial charge in [-0.05, 0) is 48.4 Å². The summed E-state index contributed by atoms with van der Waals surface area (Å²) >= 11 is 3.68. The number of halogens is 1. The van der Waals surface area contributed by atoms with Gasteiger partial charge in [-0.25, -0.2) is 0 Å². The molecule has 1 fully saturated rings. The van der Waals surface area contributed by atoms with Gasteiger partial charge >= 0.3 is 5.97 Å². The predicted octanol–water partition coefficient (Wildman–Crippen LogP) is 3.12. The molecule has 4 nitrogen and oxygen atoms in total. The van der Waals surface area contributed by atoms with Crippen LogP contribution in [0.5, 0.6) is 0 Å². The molecule has 104 valence electrons. The van der Waals surface area contributed by atoms with Crippen LogP contribution in [0.3, 0.4) is 0 Å². The second kappa shape index (κ2) is 5.78. The highest BCUT2D eigenvalue weighted by molar-refractivity contribution is 14.1. The molecule has 0 aliphatic heterocycles. The first-order valence-corrected chi connectivity index (χ1v) is 8.17. The third kappa shape index (κ3) is 3.10. The summed E-state index contributed by atoms with van der Waals surface area (Å²) in [4.78, 5) is 23.6. The molecular formula is C13H16INO3S. The fourth-order valence-corrected chi connectivity index (χ4v) is 3.82. The Balaban J connectivity index is 2.12. The number of carbonyl (C=O) groups excluding carboxylic acids is 1. The Morgan fingerprint density at radius 1 is 1.53 bits per heavy atom. The summed E-state index contributed by atoms with van der Waals surface area (Å²) < 4.78 is 1.05. The van der Waals surface area contributed by atoms with Crippen LogP contribution in [0.25, 0.3) is 0 Å². The number of thiophene rings is 1. The predicted molar refractivity (Wildman–Crippen MR) is 82.5 cm³/mol. The quantitative estimate of drug-likeness (QED) is 0.776. The maximum Gasteiger partial charge on any atom is 0.311 e. The van der Waals surface area contributed by atoms with Gasteiger partial charge in [0.15, 0.2) is 0 Å². The maximum absolute atomic E-state index is 12.1. The van der Waals surface area contributed by atoms with Crippen LogP contribution < -0.4 is 5.32 Å². The Hall–Kier alpha value is -0.630. The minimum Gasteiger partial charge on any atom is -0.481 e. The van der Waals surface area contributed by atoms with Crippen LogP contribution in [0.15, 0.2) is 11.4 Å². The van der Waals surface area contributed by atoms with E-state index in [0.717, 1.165) is 22.1 Å². The lowest BCUT2D eigenvalue weighted by Gasteiger charge is -2.38. The van der Waals surface area contributed by atoms with E-state index < -0.39 is 11.4 Å². The van der Waals surface area contributed by atoms with E-state index in [-0.39, 0.29) is 11.9 Å². The average molecular weight is 393 g/mol. The van der Waals surface area contributed by atoms with Crippen LogP contribution in [-0.2, 0) is 4.79 Å². The highest BCUT2D eigenvalue weighted by Gasteiger charge is 2.43. The van der Waals surface area contributed by atoms with Crippen molar-refractivity contribution in [1.29, 1.82) is 0 Å². The molecule has 0 spiro atoms. The second-order valence-corrected chi connectivity index (χ2v) is 7.94. The molecule has 2 rings (SSSR count). The van der Waals surface area contributed by atoms with Gasteiger partial charge in [0, 0.05) is 11.4 Å². The van der Waals surface area contributed by atoms with Gasteiger partial charge < -0.3 is 10.4 Å². The number of aliphatic carboxylic acids is 1. The Kier molecular flexibility index (Phi) is 4.50. The average Bonchev–Trinajstić information content (AvgIpc) is 2.79. The van der Waals surface area contributed by atoms with Crippen LogP contribution in [0.2, 0.25) is 0 Å². The molecule has 0 aromatic carbocycles. The lowest BCUT2D eigenvalue weighted by atomic mass is 9.71. The van der Waals surface area contributed by atoms with Crippen molar-refractivity contribution in [1.82, 2.24) is 5.32 Å². The first-order chi connectivity index (χ1) is 8.93. The Labute approximate surface area is 129 Å². The molecule has 0 radical (unpaired) electrons. The molecule has 1 saturated carbocycles. The van der Waals surface area contributed by atoms with E-state index in [1.807, 2.05) is 6.07 Å². The van der Waals surface area contributed by atoms with Crippen molar-refractivity contribution in [3.05, 3.63) is 19.9 Å². The van der Waals surface area contributed by atoms with E-state index in [2.05, 4.69) is 27.9 Å². The molecule has 1 aromatic heterocycles. The van der Waals surface area contributed by atoms with Crippen LogP contribution in [-0.4, -0.2) is 23.0 Å². The highest BCUT2D eigenvalue weighted by atomic mass is 127. The van der Waals surface area contributed by atoms with Crippen LogP contribution in [0.1, 0.15) is 43.0 Å². The summed E-state index contributed by atoms with van der Waals surface area (Å²) in [5.41, 5.74) is -0.232. The fourth-order valence-electron chi connectivity index (χ4n) is 2.49. The van der Waals surface area contributed by atoms with Crippen molar-refractivity contribution >= 4 is 45.8 Å². The molecule has 2 unspecified atom stereocenters. The molecule has 6 heteroatoms. The van der Waals surface area contributed by atoms with E-state index >= 15 is 0 Å². The largest absolute Gasteiger partial charge is 0.481 e. The third-order valence-corrected chi connectivity index (χ3v) is 5.62. The standard InChI is InChI=1S/C13H16INO3S/c1-13(12(17)18)5-3-2-4-9(13)15-11(16)8-6-10(14)19-7-8/h6-7,9H,2-5H2,1H3,(H,15,16)(H,17,18). The molecule has 2 N–H and O–H groups in total. The maximum atomic E-state index is 12.1. The van der Waals surface area contributed by atoms with Gasteiger partial charge in [0.05, 0.1) is 13.9 Å². The van der Waals surface area contributed by atoms with Crippen molar-refractivity contribution in [2.45, 2.75) is 38.6 Å². The van der Waals surface area contributed by atoms with Gasteiger partial charge in [0.2, 0.25) is 0 Å². The molecular weight excluding hydrogens is 377 g/mol. The first kappa shape index (κ1) is 14.8. The highest BCUT2D eigenvalue weighted by Crippen LogP contribution is 2.36. The molecule has 2 atom stereocenters. The Morgan fingerprint density at radius 3 is 2.84 bits per heavy atom. The molecule has 19 heavy (non-hydrogen) atoms. The first-order valence-electron chi connectivity index (χ1n) is 6.22. The molecule has 1 aliphatic rings. The Bertz CT molecular complexity index is 502. The molecule has 0 saturated heterocycles. The molecule has 1 amide bonds. The van der Waals surface area contributed by atoms with Crippen molar-refractivity contribution in [2.24, 2.45) is 5.41 Å². The number of carbonyl (C=O) groups is 2. The van der Waals surface area contributed by atoms with Gasteiger partial charge in [-0.1, -0.05) is 12.8 Å². The summed E-state index contributed by atoms with van der Waals surface area (Å²) in [6.45, 7) is 1.73. The Morgan fingerprint density at radius 2 is 2.26 bits per heavy atom.